The normalized spacial score (nSPS) is 15.6. The Balaban J connectivity index is 1.65. The number of amides is 3. The minimum atomic E-state index is -0.452. The lowest BCUT2D eigenvalue weighted by atomic mass is 10.1. The highest BCUT2D eigenvalue weighted by molar-refractivity contribution is 9.10. The molecule has 0 atom stereocenters. The van der Waals surface area contributed by atoms with Crippen LogP contribution in [0.3, 0.4) is 0 Å². The SMILES string of the molecule is NC(=O)Cn1cc(/C=C2\SC(=O)N(Cc3ccc(Br)cc3)C2=O)c2ccccc21. The summed E-state index contributed by atoms with van der Waals surface area (Å²) in [6.07, 6.45) is 3.48. The number of aromatic nitrogens is 1. The van der Waals surface area contributed by atoms with E-state index in [1.54, 1.807) is 16.8 Å². The first kappa shape index (κ1) is 19.5. The summed E-state index contributed by atoms with van der Waals surface area (Å²) < 4.78 is 2.68. The summed E-state index contributed by atoms with van der Waals surface area (Å²) in [5.74, 6) is -0.776. The van der Waals surface area contributed by atoms with Gasteiger partial charge in [0, 0.05) is 27.1 Å². The van der Waals surface area contributed by atoms with Crippen LogP contribution < -0.4 is 5.73 Å². The predicted octanol–water partition coefficient (Wildman–Crippen LogP) is 4.13. The molecule has 1 fully saturated rings. The highest BCUT2D eigenvalue weighted by Crippen LogP contribution is 2.35. The molecule has 0 bridgehead atoms. The van der Waals surface area contributed by atoms with E-state index in [1.165, 1.54) is 4.90 Å². The third-order valence-electron chi connectivity index (χ3n) is 4.56. The molecule has 6 nitrogen and oxygen atoms in total. The molecule has 1 aromatic heterocycles. The molecule has 0 aliphatic carbocycles. The van der Waals surface area contributed by atoms with E-state index in [2.05, 4.69) is 15.9 Å². The van der Waals surface area contributed by atoms with Gasteiger partial charge in [0.15, 0.2) is 0 Å². The van der Waals surface area contributed by atoms with Crippen LogP contribution in [0.5, 0.6) is 0 Å². The summed E-state index contributed by atoms with van der Waals surface area (Å²) in [5.41, 5.74) is 7.81. The third kappa shape index (κ3) is 3.99. The Bertz CT molecular complexity index is 1170. The molecule has 2 aromatic carbocycles. The van der Waals surface area contributed by atoms with Gasteiger partial charge >= 0.3 is 0 Å². The van der Waals surface area contributed by atoms with Gasteiger partial charge in [-0.15, -0.1) is 0 Å². The first-order valence-electron chi connectivity index (χ1n) is 8.78. The van der Waals surface area contributed by atoms with E-state index >= 15 is 0 Å². The fourth-order valence-corrected chi connectivity index (χ4v) is 4.33. The van der Waals surface area contributed by atoms with Crippen LogP contribution in [0.15, 0.2) is 64.1 Å². The highest BCUT2D eigenvalue weighted by atomic mass is 79.9. The van der Waals surface area contributed by atoms with Crippen LogP contribution in [0.25, 0.3) is 17.0 Å². The Morgan fingerprint density at radius 2 is 1.83 bits per heavy atom. The number of nitrogens with two attached hydrogens (primary N) is 1. The van der Waals surface area contributed by atoms with Crippen molar-refractivity contribution in [3.05, 3.63) is 75.2 Å². The number of carbonyl (C=O) groups excluding carboxylic acids is 3. The topological polar surface area (TPSA) is 85.4 Å². The Labute approximate surface area is 179 Å². The quantitative estimate of drug-likeness (QED) is 0.569. The van der Waals surface area contributed by atoms with Crippen LogP contribution in [-0.4, -0.2) is 26.5 Å². The Hall–Kier alpha value is -2.84. The van der Waals surface area contributed by atoms with Crippen molar-refractivity contribution >= 4 is 61.7 Å². The number of para-hydroxylation sites is 1. The summed E-state index contributed by atoms with van der Waals surface area (Å²) in [6, 6.07) is 15.0. The zero-order chi connectivity index (χ0) is 20.5. The smallest absolute Gasteiger partial charge is 0.293 e. The van der Waals surface area contributed by atoms with Crippen LogP contribution in [0, 0.1) is 0 Å². The van der Waals surface area contributed by atoms with E-state index in [4.69, 9.17) is 5.73 Å². The standard InChI is InChI=1S/C21H16BrN3O3S/c22-15-7-5-13(6-8-15)10-25-20(27)18(29-21(25)28)9-14-11-24(12-19(23)26)17-4-2-1-3-16(14)17/h1-9,11H,10,12H2,(H2,23,26)/b18-9-. The zero-order valence-electron chi connectivity index (χ0n) is 15.2. The second-order valence-corrected chi connectivity index (χ2v) is 8.50. The van der Waals surface area contributed by atoms with Crippen molar-refractivity contribution in [3.63, 3.8) is 0 Å². The van der Waals surface area contributed by atoms with Gasteiger partial charge in [-0.3, -0.25) is 19.3 Å². The molecule has 0 spiro atoms. The highest BCUT2D eigenvalue weighted by Gasteiger charge is 2.35. The van der Waals surface area contributed by atoms with Crippen molar-refractivity contribution in [2.24, 2.45) is 5.73 Å². The number of hydrogen-bond donors (Lipinski definition) is 1. The second-order valence-electron chi connectivity index (χ2n) is 6.59. The number of nitrogens with zero attached hydrogens (tertiary/aromatic N) is 2. The maximum atomic E-state index is 12.8. The molecular weight excluding hydrogens is 454 g/mol. The zero-order valence-corrected chi connectivity index (χ0v) is 17.6. The van der Waals surface area contributed by atoms with Crippen molar-refractivity contribution < 1.29 is 14.4 Å². The van der Waals surface area contributed by atoms with Crippen molar-refractivity contribution in [1.29, 1.82) is 0 Å². The molecule has 2 heterocycles. The average Bonchev–Trinajstić information content (AvgIpc) is 3.16. The van der Waals surface area contributed by atoms with Crippen LogP contribution >= 0.6 is 27.7 Å². The number of hydrogen-bond acceptors (Lipinski definition) is 4. The first-order valence-corrected chi connectivity index (χ1v) is 10.4. The number of primary amides is 1. The summed E-state index contributed by atoms with van der Waals surface area (Å²) in [4.78, 5) is 38.2. The molecule has 0 radical (unpaired) electrons. The van der Waals surface area contributed by atoms with Crippen LogP contribution in [0.4, 0.5) is 4.79 Å². The largest absolute Gasteiger partial charge is 0.368 e. The van der Waals surface area contributed by atoms with Gasteiger partial charge in [-0.25, -0.2) is 0 Å². The van der Waals surface area contributed by atoms with Crippen LogP contribution in [-0.2, 0) is 22.7 Å². The van der Waals surface area contributed by atoms with E-state index < -0.39 is 5.91 Å². The Morgan fingerprint density at radius 3 is 2.55 bits per heavy atom. The molecule has 2 N–H and O–H groups in total. The van der Waals surface area contributed by atoms with Gasteiger partial charge in [0.2, 0.25) is 5.91 Å². The predicted molar refractivity (Wildman–Crippen MR) is 117 cm³/mol. The van der Waals surface area contributed by atoms with Gasteiger partial charge in [-0.05, 0) is 41.6 Å². The van der Waals surface area contributed by atoms with E-state index in [0.29, 0.717) is 4.91 Å². The fourth-order valence-electron chi connectivity index (χ4n) is 3.24. The molecule has 0 unspecified atom stereocenters. The second kappa shape index (κ2) is 7.88. The number of benzene rings is 2. The Kier molecular flexibility index (Phi) is 5.29. The number of imide groups is 1. The molecule has 1 aliphatic heterocycles. The minimum Gasteiger partial charge on any atom is -0.368 e. The number of carbonyl (C=O) groups is 3. The number of rotatable bonds is 5. The fraction of sp³-hybridized carbons (Fsp3) is 0.0952. The summed E-state index contributed by atoms with van der Waals surface area (Å²) in [6.45, 7) is 0.262. The lowest BCUT2D eigenvalue weighted by molar-refractivity contribution is -0.123. The van der Waals surface area contributed by atoms with E-state index in [0.717, 1.165) is 38.3 Å². The van der Waals surface area contributed by atoms with Gasteiger partial charge in [0.1, 0.15) is 6.54 Å². The molecular formula is C21H16BrN3O3S. The molecule has 8 heteroatoms. The number of fused-ring (bicyclic) bond motifs is 1. The van der Waals surface area contributed by atoms with Gasteiger partial charge < -0.3 is 10.3 Å². The van der Waals surface area contributed by atoms with Crippen LogP contribution in [0.1, 0.15) is 11.1 Å². The van der Waals surface area contributed by atoms with E-state index in [1.807, 2.05) is 48.5 Å². The van der Waals surface area contributed by atoms with E-state index in [-0.39, 0.29) is 24.2 Å². The molecule has 29 heavy (non-hydrogen) atoms. The van der Waals surface area contributed by atoms with Gasteiger partial charge in [0.05, 0.1) is 11.4 Å². The summed E-state index contributed by atoms with van der Waals surface area (Å²) in [5, 5.41) is 0.582. The van der Waals surface area contributed by atoms with Crippen molar-refractivity contribution in [2.45, 2.75) is 13.1 Å². The Morgan fingerprint density at radius 1 is 1.10 bits per heavy atom. The van der Waals surface area contributed by atoms with Gasteiger partial charge in [0.25, 0.3) is 11.1 Å². The lowest BCUT2D eigenvalue weighted by Gasteiger charge is -2.12. The average molecular weight is 470 g/mol. The third-order valence-corrected chi connectivity index (χ3v) is 6.00. The molecule has 0 saturated carbocycles. The summed E-state index contributed by atoms with van der Waals surface area (Å²) >= 11 is 4.29. The van der Waals surface area contributed by atoms with Crippen LogP contribution in [0.2, 0.25) is 0 Å². The molecule has 3 aromatic rings. The monoisotopic (exact) mass is 469 g/mol. The number of halogens is 1. The van der Waals surface area contributed by atoms with Gasteiger partial charge in [-0.2, -0.15) is 0 Å². The van der Waals surface area contributed by atoms with Crippen molar-refractivity contribution in [3.8, 4) is 0 Å². The first-order chi connectivity index (χ1) is 13.9. The van der Waals surface area contributed by atoms with E-state index in [9.17, 15) is 14.4 Å². The maximum absolute atomic E-state index is 12.8. The minimum absolute atomic E-state index is 0.0411. The van der Waals surface area contributed by atoms with Crippen molar-refractivity contribution in [1.82, 2.24) is 9.47 Å². The molecule has 4 rings (SSSR count). The molecule has 3 amide bonds. The maximum Gasteiger partial charge on any atom is 0.293 e. The van der Waals surface area contributed by atoms with Crippen molar-refractivity contribution in [2.75, 3.05) is 0 Å². The molecule has 146 valence electrons. The van der Waals surface area contributed by atoms with Gasteiger partial charge in [-0.1, -0.05) is 46.3 Å². The number of thioether (sulfide) groups is 1. The lowest BCUT2D eigenvalue weighted by Crippen LogP contribution is -2.27. The molecule has 1 aliphatic rings. The summed E-state index contributed by atoms with van der Waals surface area (Å²) in [7, 11) is 0. The molecule has 1 saturated heterocycles.